The van der Waals surface area contributed by atoms with Crippen molar-refractivity contribution in [2.75, 3.05) is 55.7 Å². The van der Waals surface area contributed by atoms with Crippen molar-refractivity contribution in [3.8, 4) is 23.0 Å². The number of H-pyrrole nitrogens is 1. The van der Waals surface area contributed by atoms with E-state index in [1.807, 2.05) is 12.1 Å². The Morgan fingerprint density at radius 3 is 2.26 bits per heavy atom. The summed E-state index contributed by atoms with van der Waals surface area (Å²) in [6.07, 6.45) is 0.920. The summed E-state index contributed by atoms with van der Waals surface area (Å²) in [5.41, 5.74) is 3.83. The summed E-state index contributed by atoms with van der Waals surface area (Å²) < 4.78 is 39.1. The number of aromatic amines is 1. The Hall–Kier alpha value is -3.45. The Labute approximate surface area is 276 Å². The van der Waals surface area contributed by atoms with Crippen LogP contribution in [-0.4, -0.2) is 99.3 Å². The third-order valence-corrected chi connectivity index (χ3v) is 9.76. The molecule has 46 heavy (non-hydrogen) atoms. The number of benzene rings is 2. The zero-order valence-corrected chi connectivity index (χ0v) is 30.1. The van der Waals surface area contributed by atoms with E-state index < -0.39 is 24.1 Å². The number of nitrogens with one attached hydrogen (secondary N) is 1. The maximum Gasteiger partial charge on any atom is 0.338 e. The maximum absolute atomic E-state index is 13.5. The third-order valence-electron chi connectivity index (χ3n) is 9.76. The van der Waals surface area contributed by atoms with Crippen LogP contribution in [0.5, 0.6) is 23.0 Å². The zero-order chi connectivity index (χ0) is 33.1. The average molecular weight is 675 g/mol. The second kappa shape index (κ2) is 14.5. The molecular formula is C33H43ClN2O9Si. The predicted molar refractivity (Wildman–Crippen MR) is 176 cm³/mol. The van der Waals surface area contributed by atoms with Gasteiger partial charge in [-0.25, -0.2) is 4.79 Å². The first-order chi connectivity index (χ1) is 22.3. The molecule has 2 aliphatic heterocycles. The Morgan fingerprint density at radius 2 is 1.65 bits per heavy atom. The molecule has 6 atom stereocenters. The van der Waals surface area contributed by atoms with Crippen molar-refractivity contribution in [3.63, 3.8) is 0 Å². The van der Waals surface area contributed by atoms with Crippen molar-refractivity contribution < 1.29 is 42.7 Å². The number of methoxy groups -OCH3 is 6. The Balaban J connectivity index is 0.00000204. The number of rotatable bonds is 8. The minimum atomic E-state index is -0.670. The number of nitrogens with zero attached hydrogens (tertiary/aromatic N) is 1. The highest BCUT2D eigenvalue weighted by atomic mass is 35.6. The number of halogens is 1. The van der Waals surface area contributed by atoms with Gasteiger partial charge >= 0.3 is 11.9 Å². The van der Waals surface area contributed by atoms with Crippen molar-refractivity contribution in [1.82, 2.24) is 9.88 Å². The number of carbonyl (C=O) groups is 2. The highest BCUT2D eigenvalue weighted by Crippen LogP contribution is 2.51. The first-order valence-electron chi connectivity index (χ1n) is 15.3. The van der Waals surface area contributed by atoms with Gasteiger partial charge in [-0.1, -0.05) is 0 Å². The summed E-state index contributed by atoms with van der Waals surface area (Å²) in [5, 5.41) is 1.21. The monoisotopic (exact) mass is 674 g/mol. The van der Waals surface area contributed by atoms with Gasteiger partial charge < -0.3 is 38.1 Å². The third kappa shape index (κ3) is 6.03. The number of fused-ring (bicyclic) bond motifs is 6. The summed E-state index contributed by atoms with van der Waals surface area (Å²) >= 11 is 4.78. The lowest BCUT2D eigenvalue weighted by Crippen LogP contribution is -2.58. The van der Waals surface area contributed by atoms with Crippen LogP contribution in [0.1, 0.15) is 40.5 Å². The molecule has 13 heteroatoms. The van der Waals surface area contributed by atoms with E-state index in [1.54, 1.807) is 26.4 Å². The molecule has 0 amide bonds. The molecule has 0 bridgehead atoms. The van der Waals surface area contributed by atoms with Crippen LogP contribution in [0.15, 0.2) is 30.3 Å². The van der Waals surface area contributed by atoms with Crippen LogP contribution in [0.4, 0.5) is 0 Å². The lowest BCUT2D eigenvalue weighted by molar-refractivity contribution is -0.176. The van der Waals surface area contributed by atoms with Crippen LogP contribution in [0.2, 0.25) is 0 Å². The van der Waals surface area contributed by atoms with Crippen LogP contribution >= 0.6 is 11.1 Å². The summed E-state index contributed by atoms with van der Waals surface area (Å²) in [5.74, 6) is 0.441. The predicted octanol–water partition coefficient (Wildman–Crippen LogP) is 3.68. The molecule has 6 rings (SSSR count). The van der Waals surface area contributed by atoms with Gasteiger partial charge in [0, 0.05) is 42.9 Å². The first kappa shape index (κ1) is 33.9. The van der Waals surface area contributed by atoms with Gasteiger partial charge in [-0.2, -0.15) is 11.1 Å². The van der Waals surface area contributed by atoms with Gasteiger partial charge in [0.25, 0.3) is 0 Å². The molecule has 11 nitrogen and oxygen atoms in total. The van der Waals surface area contributed by atoms with Crippen molar-refractivity contribution in [2.24, 2.45) is 17.8 Å². The normalized spacial score (nSPS) is 25.2. The molecule has 2 aromatic carbocycles. The van der Waals surface area contributed by atoms with Gasteiger partial charge in [0.05, 0.1) is 53.1 Å². The molecule has 0 unspecified atom stereocenters. The van der Waals surface area contributed by atoms with Crippen LogP contribution < -0.4 is 18.9 Å². The minimum absolute atomic E-state index is 0.0170. The molecule has 3 aromatic rings. The van der Waals surface area contributed by atoms with E-state index in [2.05, 4.69) is 16.0 Å². The fourth-order valence-electron chi connectivity index (χ4n) is 7.76. The summed E-state index contributed by atoms with van der Waals surface area (Å²) in [6, 6.07) is 9.40. The van der Waals surface area contributed by atoms with E-state index in [0.29, 0.717) is 23.7 Å². The molecule has 250 valence electrons. The molecule has 1 saturated heterocycles. The number of aromatic nitrogens is 1. The Bertz CT molecular complexity index is 1540. The average Bonchev–Trinajstić information content (AvgIpc) is 3.48. The van der Waals surface area contributed by atoms with Gasteiger partial charge in [0.15, 0.2) is 11.5 Å². The molecule has 0 radical (unpaired) electrons. The van der Waals surface area contributed by atoms with E-state index >= 15 is 0 Å². The van der Waals surface area contributed by atoms with E-state index in [0.717, 1.165) is 46.7 Å². The highest BCUT2D eigenvalue weighted by molar-refractivity contribution is 6.80. The van der Waals surface area contributed by atoms with E-state index in [9.17, 15) is 9.59 Å². The summed E-state index contributed by atoms with van der Waals surface area (Å²) in [6.45, 7) is 1.68. The lowest BCUT2D eigenvalue weighted by atomic mass is 9.63. The number of esters is 2. The zero-order valence-electron chi connectivity index (χ0n) is 27.4. The van der Waals surface area contributed by atoms with E-state index in [4.69, 9.17) is 44.2 Å². The smallest absolute Gasteiger partial charge is 0.338 e. The number of piperidine rings is 1. The SMILES string of the molecule is COC(=O)[C@H]1[C@H]2C[C@@H]3c4[nH]c5cc(OC)ccc5c4CCN3C[C@H]2C[C@@H](OC(=O)c2cc(OC)c(OC)c(OC)c2)[C@@H]1OC.[SiH3]Cl. The van der Waals surface area contributed by atoms with Crippen LogP contribution in [0.3, 0.4) is 0 Å². The quantitative estimate of drug-likeness (QED) is 0.216. The fraction of sp³-hybridized carbons (Fsp3) is 0.515. The first-order valence-corrected chi connectivity index (χ1v) is 18.3. The number of carbonyl (C=O) groups excluding carboxylic acids is 2. The van der Waals surface area contributed by atoms with Crippen molar-refractivity contribution >= 4 is 43.5 Å². The van der Waals surface area contributed by atoms with Gasteiger partial charge in [-0.15, -0.1) is 0 Å². The summed E-state index contributed by atoms with van der Waals surface area (Å²) in [7, 11) is 9.88. The molecule has 1 saturated carbocycles. The summed E-state index contributed by atoms with van der Waals surface area (Å²) in [4.78, 5) is 33.1. The van der Waals surface area contributed by atoms with Crippen molar-refractivity contribution in [2.45, 2.75) is 37.5 Å². The molecule has 1 aliphatic carbocycles. The highest BCUT2D eigenvalue weighted by Gasteiger charge is 2.54. The molecule has 1 N–H and O–H groups in total. The molecule has 3 heterocycles. The number of hydrogen-bond donors (Lipinski definition) is 1. The standard InChI is InChI=1S/C33H40N2O9.ClH3Si/c1-38-19-7-8-20-21-9-10-35-16-18-13-27(44-32(36)17-11-25(39-2)30(41-4)26(12-17)40-3)31(42-5)28(33(37)43-6)22(18)15-24(35)29(21)34-23(20)14-19;1-2/h7-8,11-12,14,18,22,24,27-28,31,34H,9-10,13,15-16H2,1-6H3;2H3/t18-,22+,24-,27-,28+,31+;/m1./s1. The molecular weight excluding hydrogens is 632 g/mol. The number of hydrogen-bond acceptors (Lipinski definition) is 10. The lowest BCUT2D eigenvalue weighted by Gasteiger charge is -2.52. The second-order valence-electron chi connectivity index (χ2n) is 11.7. The molecule has 2 fully saturated rings. The second-order valence-corrected chi connectivity index (χ2v) is 11.7. The van der Waals surface area contributed by atoms with E-state index in [1.165, 1.54) is 45.1 Å². The fourth-order valence-corrected chi connectivity index (χ4v) is 7.76. The van der Waals surface area contributed by atoms with Crippen molar-refractivity contribution in [3.05, 3.63) is 47.2 Å². The van der Waals surface area contributed by atoms with Crippen LogP contribution in [0, 0.1) is 17.8 Å². The van der Waals surface area contributed by atoms with Crippen molar-refractivity contribution in [1.29, 1.82) is 0 Å². The van der Waals surface area contributed by atoms with E-state index in [-0.39, 0.29) is 29.4 Å². The largest absolute Gasteiger partial charge is 0.497 e. The van der Waals surface area contributed by atoms with Crippen LogP contribution in [0.25, 0.3) is 10.9 Å². The topological polar surface area (TPSA) is 118 Å². The maximum atomic E-state index is 13.5. The molecule has 0 spiro atoms. The molecule has 3 aliphatic rings. The van der Waals surface area contributed by atoms with Gasteiger partial charge in [-0.05, 0) is 60.9 Å². The van der Waals surface area contributed by atoms with Gasteiger partial charge in [-0.3, -0.25) is 9.69 Å². The van der Waals surface area contributed by atoms with Gasteiger partial charge in [0.1, 0.15) is 27.5 Å². The number of ether oxygens (including phenoxy) is 7. The Kier molecular flexibility index (Phi) is 10.7. The van der Waals surface area contributed by atoms with Crippen LogP contribution in [-0.2, 0) is 25.4 Å². The van der Waals surface area contributed by atoms with Gasteiger partial charge in [0.2, 0.25) is 5.75 Å². The Morgan fingerprint density at radius 1 is 0.935 bits per heavy atom. The minimum Gasteiger partial charge on any atom is -0.497 e. The molecule has 1 aromatic heterocycles.